The number of aromatic nitrogens is 2. The Hall–Kier alpha value is -6.44. The van der Waals surface area contributed by atoms with Crippen LogP contribution in [-0.2, 0) is 33.4 Å². The zero-order valence-corrected chi connectivity index (χ0v) is 34.4. The minimum absolute atomic E-state index is 0.0416. The molecule has 2 aliphatic carbocycles. The Balaban J connectivity index is 0.846. The number of hydrogen-bond acceptors (Lipinski definition) is 8. The quantitative estimate of drug-likeness (QED) is 0.119. The molecule has 0 bridgehead atoms. The maximum atomic E-state index is 14.2. The van der Waals surface area contributed by atoms with Gasteiger partial charge >= 0.3 is 0 Å². The van der Waals surface area contributed by atoms with E-state index in [4.69, 9.17) is 14.5 Å². The van der Waals surface area contributed by atoms with Crippen LogP contribution in [0.25, 0.3) is 22.4 Å². The summed E-state index contributed by atoms with van der Waals surface area (Å²) < 4.78 is 11.5. The van der Waals surface area contributed by atoms with Crippen LogP contribution in [0.2, 0.25) is 0 Å². The van der Waals surface area contributed by atoms with Gasteiger partial charge in [-0.3, -0.25) is 24.0 Å². The summed E-state index contributed by atoms with van der Waals surface area (Å²) in [5.41, 5.74) is 5.70. The van der Waals surface area contributed by atoms with Gasteiger partial charge in [-0.05, 0) is 65.6 Å². The summed E-state index contributed by atoms with van der Waals surface area (Å²) in [7, 11) is 0. The molecule has 13 nitrogen and oxygen atoms in total. The molecule has 4 aromatic carbocycles. The van der Waals surface area contributed by atoms with Crippen LogP contribution in [0.4, 0.5) is 5.69 Å². The minimum atomic E-state index is -0.903. The molecule has 9 rings (SSSR count). The van der Waals surface area contributed by atoms with Crippen LogP contribution in [0.15, 0.2) is 115 Å². The van der Waals surface area contributed by atoms with Gasteiger partial charge in [0.1, 0.15) is 29.7 Å². The fourth-order valence-corrected chi connectivity index (χ4v) is 8.36. The fourth-order valence-electron chi connectivity index (χ4n) is 8.36. The smallest absolute Gasteiger partial charge is 0.250 e. The lowest BCUT2D eigenvalue weighted by Crippen LogP contribution is -2.57. The highest BCUT2D eigenvalue weighted by molar-refractivity contribution is 5.99. The number of ketones is 1. The molecule has 2 aliphatic heterocycles. The van der Waals surface area contributed by atoms with Gasteiger partial charge in [0.15, 0.2) is 0 Å². The van der Waals surface area contributed by atoms with Gasteiger partial charge in [-0.15, -0.1) is 0 Å². The van der Waals surface area contributed by atoms with Gasteiger partial charge < -0.3 is 34.9 Å². The van der Waals surface area contributed by atoms with Crippen LogP contribution >= 0.6 is 0 Å². The number of Topliss-reactive ketones (excluding diaryl/α,β-unsaturated/α-hetero) is 1. The van der Waals surface area contributed by atoms with Crippen molar-refractivity contribution in [2.24, 2.45) is 11.8 Å². The Labute approximate surface area is 360 Å². The number of benzene rings is 4. The minimum Gasteiger partial charge on any atom is -0.377 e. The number of H-pyrrole nitrogens is 1. The van der Waals surface area contributed by atoms with Crippen LogP contribution < -0.4 is 10.6 Å². The van der Waals surface area contributed by atoms with E-state index in [9.17, 15) is 24.0 Å². The number of carbonyl (C=O) groups excluding carboxylic acids is 5. The Kier molecular flexibility index (Phi) is 12.1. The lowest BCUT2D eigenvalue weighted by Gasteiger charge is -2.37. The summed E-state index contributed by atoms with van der Waals surface area (Å²) >= 11 is 0. The monoisotopic (exact) mass is 834 g/mol. The first kappa shape index (κ1) is 40.9. The summed E-state index contributed by atoms with van der Waals surface area (Å²) in [6.07, 6.45) is 5.39. The number of carbonyl (C=O) groups is 5. The van der Waals surface area contributed by atoms with Gasteiger partial charge in [0.2, 0.25) is 17.7 Å². The van der Waals surface area contributed by atoms with Crippen LogP contribution in [0.1, 0.15) is 67.1 Å². The summed E-state index contributed by atoms with van der Waals surface area (Å²) in [5, 5.41) is 5.90. The molecule has 3 heterocycles. The average Bonchev–Trinajstić information content (AvgIpc) is 4.28. The van der Waals surface area contributed by atoms with Crippen molar-refractivity contribution in [3.05, 3.63) is 132 Å². The molecule has 0 radical (unpaired) electrons. The van der Waals surface area contributed by atoms with Crippen molar-refractivity contribution in [1.29, 1.82) is 0 Å². The molecule has 318 valence electrons. The van der Waals surface area contributed by atoms with Crippen molar-refractivity contribution in [2.45, 2.75) is 56.1 Å². The second-order valence-electron chi connectivity index (χ2n) is 16.6. The summed E-state index contributed by atoms with van der Waals surface area (Å²) in [6, 6.07) is 32.0. The number of nitrogens with zero attached hydrogens (tertiary/aromatic N) is 3. The lowest BCUT2D eigenvalue weighted by molar-refractivity contribution is -0.149. The third-order valence-corrected chi connectivity index (χ3v) is 12.3. The molecule has 4 aliphatic rings. The summed E-state index contributed by atoms with van der Waals surface area (Å²) in [5.74, 6) is -0.740. The SMILES string of the molecule is O=C(C[C@@H](C(=O)N1CCOC[C@H]1c1ncc(-c2ccc(-c3ccc(NC(=O)[C@@H]4COCCN4C(=O)[C@H](NC(=O)C4CC4)c4ccccc4)cc3)cc2)[nH]1)c1ccccc1)C1CC1. The number of imidazole rings is 1. The van der Waals surface area contributed by atoms with E-state index in [1.165, 1.54) is 4.90 Å². The van der Waals surface area contributed by atoms with E-state index in [0.29, 0.717) is 36.8 Å². The number of amides is 4. The molecule has 4 amide bonds. The van der Waals surface area contributed by atoms with Crippen LogP contribution in [0, 0.1) is 11.8 Å². The van der Waals surface area contributed by atoms with Gasteiger partial charge in [-0.1, -0.05) is 97.1 Å². The molecule has 13 heteroatoms. The largest absolute Gasteiger partial charge is 0.377 e. The fraction of sp³-hybridized carbons (Fsp3) is 0.347. The van der Waals surface area contributed by atoms with Crippen molar-refractivity contribution >= 4 is 35.1 Å². The number of rotatable bonds is 14. The third-order valence-electron chi connectivity index (χ3n) is 12.3. The highest BCUT2D eigenvalue weighted by Crippen LogP contribution is 2.37. The predicted octanol–water partition coefficient (Wildman–Crippen LogP) is 6.23. The van der Waals surface area contributed by atoms with Crippen LogP contribution in [-0.4, -0.2) is 94.7 Å². The standard InChI is InChI=1S/C49H50N6O7/c56-43(35-15-16-35)27-39(33-7-3-1-4-8-33)48(59)54-23-25-61-29-41(54)45-50-28-40(52-45)34-13-11-31(12-14-34)32-19-21-38(22-20-32)51-47(58)42-30-62-26-24-55(42)49(60)44(36-9-5-2-6-10-36)53-46(57)37-17-18-37/h1-14,19-22,28,35,37,39,41-42,44H,15-18,23-27,29-30H2,(H,50,52)(H,51,58)(H,53,57)/t39-,41+,42+,44-/m1/s1. The highest BCUT2D eigenvalue weighted by atomic mass is 16.5. The molecular formula is C49H50N6O7. The van der Waals surface area contributed by atoms with E-state index < -0.39 is 24.0 Å². The molecule has 3 N–H and O–H groups in total. The predicted molar refractivity (Wildman–Crippen MR) is 231 cm³/mol. The summed E-state index contributed by atoms with van der Waals surface area (Å²) in [4.78, 5) is 79.2. The van der Waals surface area contributed by atoms with E-state index in [0.717, 1.165) is 53.6 Å². The van der Waals surface area contributed by atoms with Crippen LogP contribution in [0.5, 0.6) is 0 Å². The van der Waals surface area contributed by atoms with Crippen molar-refractivity contribution in [1.82, 2.24) is 25.1 Å². The Morgan fingerprint density at radius 3 is 1.92 bits per heavy atom. The van der Waals surface area contributed by atoms with Gasteiger partial charge in [0.05, 0.1) is 44.2 Å². The normalized spacial score (nSPS) is 19.9. The molecule has 62 heavy (non-hydrogen) atoms. The van der Waals surface area contributed by atoms with Gasteiger partial charge in [-0.2, -0.15) is 0 Å². The van der Waals surface area contributed by atoms with Crippen molar-refractivity contribution < 1.29 is 33.4 Å². The third kappa shape index (κ3) is 9.24. The molecule has 2 saturated carbocycles. The first-order valence-corrected chi connectivity index (χ1v) is 21.6. The van der Waals surface area contributed by atoms with E-state index in [-0.39, 0.29) is 67.4 Å². The van der Waals surface area contributed by atoms with E-state index in [2.05, 4.69) is 15.6 Å². The second kappa shape index (κ2) is 18.3. The van der Waals surface area contributed by atoms with Gasteiger partial charge in [0, 0.05) is 37.0 Å². The zero-order valence-electron chi connectivity index (χ0n) is 34.4. The summed E-state index contributed by atoms with van der Waals surface area (Å²) in [6.45, 7) is 1.67. The molecule has 0 spiro atoms. The Morgan fingerprint density at radius 1 is 0.661 bits per heavy atom. The maximum Gasteiger partial charge on any atom is 0.250 e. The second-order valence-corrected chi connectivity index (χ2v) is 16.6. The topological polar surface area (TPSA) is 163 Å². The van der Waals surface area contributed by atoms with E-state index in [1.54, 1.807) is 6.20 Å². The molecule has 5 aromatic rings. The van der Waals surface area contributed by atoms with Gasteiger partial charge in [0.25, 0.3) is 5.91 Å². The number of anilines is 1. The maximum absolute atomic E-state index is 14.2. The Morgan fingerprint density at radius 2 is 1.26 bits per heavy atom. The number of morpholine rings is 2. The van der Waals surface area contributed by atoms with Crippen molar-refractivity contribution in [2.75, 3.05) is 44.8 Å². The van der Waals surface area contributed by atoms with Gasteiger partial charge in [-0.25, -0.2) is 4.98 Å². The van der Waals surface area contributed by atoms with E-state index in [1.807, 2.05) is 114 Å². The van der Waals surface area contributed by atoms with E-state index >= 15 is 0 Å². The number of ether oxygens (including phenoxy) is 2. The first-order valence-electron chi connectivity index (χ1n) is 21.6. The van der Waals surface area contributed by atoms with Crippen LogP contribution in [0.3, 0.4) is 0 Å². The van der Waals surface area contributed by atoms with Crippen molar-refractivity contribution in [3.8, 4) is 22.4 Å². The molecular weight excluding hydrogens is 785 g/mol. The average molecular weight is 835 g/mol. The molecule has 0 unspecified atom stereocenters. The molecule has 2 saturated heterocycles. The first-order chi connectivity index (χ1) is 30.3. The highest BCUT2D eigenvalue weighted by Gasteiger charge is 2.41. The molecule has 4 fully saturated rings. The lowest BCUT2D eigenvalue weighted by atomic mass is 9.90. The Bertz CT molecular complexity index is 2400. The zero-order chi connectivity index (χ0) is 42.6. The molecule has 1 aromatic heterocycles. The number of nitrogens with one attached hydrogen (secondary N) is 3. The molecule has 4 atom stereocenters. The van der Waals surface area contributed by atoms with Crippen molar-refractivity contribution in [3.63, 3.8) is 0 Å². The number of hydrogen-bond donors (Lipinski definition) is 3. The number of aromatic amines is 1.